The van der Waals surface area contributed by atoms with Crippen molar-refractivity contribution in [3.8, 4) is 0 Å². The molecule has 1 atom stereocenters. The molecule has 8 nitrogen and oxygen atoms in total. The van der Waals surface area contributed by atoms with Crippen LogP contribution < -0.4 is 5.73 Å². The van der Waals surface area contributed by atoms with Gasteiger partial charge in [0.05, 0.1) is 5.92 Å². The molecule has 1 aliphatic heterocycles. The Kier molecular flexibility index (Phi) is 5.48. The van der Waals surface area contributed by atoms with E-state index in [1.54, 1.807) is 4.90 Å². The molecule has 1 aromatic rings. The zero-order chi connectivity index (χ0) is 16.1. The Labute approximate surface area is 129 Å². The van der Waals surface area contributed by atoms with Crippen molar-refractivity contribution in [3.63, 3.8) is 0 Å². The van der Waals surface area contributed by atoms with Gasteiger partial charge in [0, 0.05) is 45.4 Å². The largest absolute Gasteiger partial charge is 0.369 e. The van der Waals surface area contributed by atoms with E-state index in [1.807, 2.05) is 18.9 Å². The van der Waals surface area contributed by atoms with Crippen LogP contribution in [0, 0.1) is 5.92 Å². The van der Waals surface area contributed by atoms with Crippen molar-refractivity contribution in [2.45, 2.75) is 26.2 Å². The summed E-state index contributed by atoms with van der Waals surface area (Å²) in [5.41, 5.74) is 5.41. The second kappa shape index (κ2) is 7.35. The van der Waals surface area contributed by atoms with Gasteiger partial charge in [-0.1, -0.05) is 12.1 Å². The summed E-state index contributed by atoms with van der Waals surface area (Å²) in [5, 5.41) is 3.81. The molecular weight excluding hydrogens is 286 g/mol. The molecule has 1 aliphatic rings. The lowest BCUT2D eigenvalue weighted by molar-refractivity contribution is -0.132. The summed E-state index contributed by atoms with van der Waals surface area (Å²) in [7, 11) is 1.93. The number of rotatable bonds is 5. The van der Waals surface area contributed by atoms with Gasteiger partial charge in [-0.3, -0.25) is 9.59 Å². The highest BCUT2D eigenvalue weighted by Crippen LogP contribution is 2.11. The number of likely N-dealkylation sites (N-methyl/N-ethyl adjacent to an activating group) is 1. The highest BCUT2D eigenvalue weighted by molar-refractivity contribution is 5.80. The zero-order valence-corrected chi connectivity index (χ0v) is 13.1. The molecule has 0 unspecified atom stereocenters. The van der Waals surface area contributed by atoms with E-state index < -0.39 is 0 Å². The van der Waals surface area contributed by atoms with Crippen molar-refractivity contribution in [1.29, 1.82) is 0 Å². The maximum atomic E-state index is 12.3. The Morgan fingerprint density at radius 3 is 2.77 bits per heavy atom. The summed E-state index contributed by atoms with van der Waals surface area (Å²) in [6.07, 6.45) is 1.41. The number of carbonyl (C=O) groups is 2. The molecule has 1 fully saturated rings. The summed E-state index contributed by atoms with van der Waals surface area (Å²) >= 11 is 0. The van der Waals surface area contributed by atoms with E-state index in [4.69, 9.17) is 10.3 Å². The van der Waals surface area contributed by atoms with E-state index in [0.29, 0.717) is 50.6 Å². The van der Waals surface area contributed by atoms with Crippen molar-refractivity contribution in [2.75, 3.05) is 33.2 Å². The van der Waals surface area contributed by atoms with Crippen LogP contribution in [0.4, 0.5) is 0 Å². The first-order valence-electron chi connectivity index (χ1n) is 7.56. The minimum atomic E-state index is -0.365. The normalized spacial score (nSPS) is 19.9. The Hall–Kier alpha value is -1.96. The van der Waals surface area contributed by atoms with Crippen molar-refractivity contribution in [1.82, 2.24) is 19.9 Å². The molecule has 0 radical (unpaired) electrons. The first kappa shape index (κ1) is 16.4. The molecule has 2 amide bonds. The minimum Gasteiger partial charge on any atom is -0.369 e. The van der Waals surface area contributed by atoms with Crippen molar-refractivity contribution >= 4 is 11.8 Å². The van der Waals surface area contributed by atoms with Gasteiger partial charge in [0.25, 0.3) is 0 Å². The van der Waals surface area contributed by atoms with Gasteiger partial charge in [-0.05, 0) is 7.05 Å². The highest BCUT2D eigenvalue weighted by atomic mass is 16.5. The van der Waals surface area contributed by atoms with E-state index in [9.17, 15) is 9.59 Å². The summed E-state index contributed by atoms with van der Waals surface area (Å²) < 4.78 is 5.08. The monoisotopic (exact) mass is 309 g/mol. The number of nitrogens with two attached hydrogens (primary N) is 1. The van der Waals surface area contributed by atoms with Crippen LogP contribution in [0.3, 0.4) is 0 Å². The molecule has 0 spiro atoms. The van der Waals surface area contributed by atoms with Gasteiger partial charge >= 0.3 is 0 Å². The zero-order valence-electron chi connectivity index (χ0n) is 13.1. The number of amides is 2. The predicted molar refractivity (Wildman–Crippen MR) is 78.8 cm³/mol. The third-order valence-electron chi connectivity index (χ3n) is 3.86. The van der Waals surface area contributed by atoms with Crippen molar-refractivity contribution in [3.05, 3.63) is 11.7 Å². The van der Waals surface area contributed by atoms with Gasteiger partial charge in [-0.25, -0.2) is 0 Å². The third-order valence-corrected chi connectivity index (χ3v) is 3.86. The fraction of sp³-hybridized carbons (Fsp3) is 0.714. The van der Waals surface area contributed by atoms with E-state index in [2.05, 4.69) is 10.1 Å². The quantitative estimate of drug-likeness (QED) is 0.781. The summed E-state index contributed by atoms with van der Waals surface area (Å²) in [6, 6.07) is 0. The smallest absolute Gasteiger partial charge is 0.227 e. The lowest BCUT2D eigenvalue weighted by Gasteiger charge is -2.22. The number of aromatic nitrogens is 2. The lowest BCUT2D eigenvalue weighted by atomic mass is 10.1. The van der Waals surface area contributed by atoms with Gasteiger partial charge in [0.15, 0.2) is 5.82 Å². The SMILES string of the molecule is CCc1noc(CCC(=O)N2CCN(C)C[C@H](C(N)=O)C2)n1. The molecule has 1 saturated heterocycles. The Morgan fingerprint density at radius 2 is 2.14 bits per heavy atom. The number of primary amides is 1. The number of nitrogens with zero attached hydrogens (tertiary/aromatic N) is 4. The van der Waals surface area contributed by atoms with Crippen LogP contribution in [-0.2, 0) is 22.4 Å². The van der Waals surface area contributed by atoms with Gasteiger partial charge in [-0.2, -0.15) is 4.98 Å². The van der Waals surface area contributed by atoms with Crippen LogP contribution in [0.5, 0.6) is 0 Å². The Balaban J connectivity index is 1.91. The molecule has 22 heavy (non-hydrogen) atoms. The fourth-order valence-electron chi connectivity index (χ4n) is 2.49. The molecule has 0 bridgehead atoms. The molecule has 0 saturated carbocycles. The first-order valence-corrected chi connectivity index (χ1v) is 7.56. The summed E-state index contributed by atoms with van der Waals surface area (Å²) in [4.78, 5) is 31.7. The van der Waals surface area contributed by atoms with Crippen molar-refractivity contribution in [2.24, 2.45) is 11.7 Å². The molecule has 8 heteroatoms. The Morgan fingerprint density at radius 1 is 1.36 bits per heavy atom. The first-order chi connectivity index (χ1) is 10.5. The molecule has 122 valence electrons. The molecule has 2 rings (SSSR count). The second-order valence-electron chi connectivity index (χ2n) is 5.66. The van der Waals surface area contributed by atoms with E-state index in [-0.39, 0.29) is 17.7 Å². The van der Waals surface area contributed by atoms with Gasteiger partial charge in [0.2, 0.25) is 17.7 Å². The lowest BCUT2D eigenvalue weighted by Crippen LogP contribution is -2.40. The molecule has 1 aromatic heterocycles. The van der Waals surface area contributed by atoms with E-state index in [0.717, 1.165) is 6.54 Å². The maximum Gasteiger partial charge on any atom is 0.227 e. The number of hydrogen-bond donors (Lipinski definition) is 1. The molecule has 0 aliphatic carbocycles. The number of aryl methyl sites for hydroxylation is 2. The van der Waals surface area contributed by atoms with Crippen LogP contribution >= 0.6 is 0 Å². The third kappa shape index (κ3) is 4.27. The molecule has 0 aromatic carbocycles. The summed E-state index contributed by atoms with van der Waals surface area (Å²) in [6.45, 7) is 4.24. The van der Waals surface area contributed by atoms with Crippen LogP contribution in [0.15, 0.2) is 4.52 Å². The number of carbonyl (C=O) groups excluding carboxylic acids is 2. The van der Waals surface area contributed by atoms with Crippen LogP contribution in [0.25, 0.3) is 0 Å². The summed E-state index contributed by atoms with van der Waals surface area (Å²) in [5.74, 6) is 0.414. The van der Waals surface area contributed by atoms with Crippen LogP contribution in [0.2, 0.25) is 0 Å². The van der Waals surface area contributed by atoms with E-state index in [1.165, 1.54) is 0 Å². The maximum absolute atomic E-state index is 12.3. The molecule has 2 N–H and O–H groups in total. The van der Waals surface area contributed by atoms with Crippen molar-refractivity contribution < 1.29 is 14.1 Å². The molecule has 2 heterocycles. The Bertz CT molecular complexity index is 530. The van der Waals surface area contributed by atoms with Gasteiger partial charge in [-0.15, -0.1) is 0 Å². The fourth-order valence-corrected chi connectivity index (χ4v) is 2.49. The van der Waals surface area contributed by atoms with Crippen LogP contribution in [-0.4, -0.2) is 65.0 Å². The average Bonchev–Trinajstić information content (AvgIpc) is 2.86. The highest BCUT2D eigenvalue weighted by Gasteiger charge is 2.27. The predicted octanol–water partition coefficient (Wildman–Crippen LogP) is -0.560. The average molecular weight is 309 g/mol. The minimum absolute atomic E-state index is 0.0159. The topological polar surface area (TPSA) is 106 Å². The van der Waals surface area contributed by atoms with Gasteiger partial charge < -0.3 is 20.1 Å². The van der Waals surface area contributed by atoms with Crippen LogP contribution in [0.1, 0.15) is 25.1 Å². The number of hydrogen-bond acceptors (Lipinski definition) is 6. The van der Waals surface area contributed by atoms with E-state index >= 15 is 0 Å². The van der Waals surface area contributed by atoms with Gasteiger partial charge in [0.1, 0.15) is 0 Å². The standard InChI is InChI=1S/C14H23N5O3/c1-3-11-16-12(22-17-11)4-5-13(20)19-7-6-18(2)8-10(9-19)14(15)21/h10H,3-9H2,1-2H3,(H2,15,21)/t10-/m0/s1. The second-order valence-corrected chi connectivity index (χ2v) is 5.66. The molecular formula is C14H23N5O3.